The largest absolute Gasteiger partial charge is 0.508 e. The SMILES string of the molecule is CC(C)C(O)CNCc1cc(F)ccc1O. The average molecular weight is 227 g/mol. The number of hydrogen-bond donors (Lipinski definition) is 3. The number of hydrogen-bond acceptors (Lipinski definition) is 3. The Labute approximate surface area is 94.9 Å². The van der Waals surface area contributed by atoms with E-state index in [1.54, 1.807) is 0 Å². The molecule has 1 unspecified atom stereocenters. The lowest BCUT2D eigenvalue weighted by Gasteiger charge is -2.15. The molecule has 16 heavy (non-hydrogen) atoms. The molecule has 0 aromatic heterocycles. The molecule has 1 atom stereocenters. The van der Waals surface area contributed by atoms with Crippen molar-refractivity contribution in [3.63, 3.8) is 0 Å². The highest BCUT2D eigenvalue weighted by Crippen LogP contribution is 2.17. The van der Waals surface area contributed by atoms with Crippen molar-refractivity contribution in [3.8, 4) is 5.75 Å². The van der Waals surface area contributed by atoms with Gasteiger partial charge in [0.15, 0.2) is 0 Å². The zero-order valence-corrected chi connectivity index (χ0v) is 9.57. The van der Waals surface area contributed by atoms with Crippen molar-refractivity contribution in [2.75, 3.05) is 6.54 Å². The Hall–Kier alpha value is -1.13. The summed E-state index contributed by atoms with van der Waals surface area (Å²) in [5.41, 5.74) is 0.496. The third kappa shape index (κ3) is 3.79. The fourth-order valence-corrected chi connectivity index (χ4v) is 1.29. The Kier molecular flexibility index (Phi) is 4.71. The summed E-state index contributed by atoms with van der Waals surface area (Å²) < 4.78 is 12.9. The molecule has 0 heterocycles. The van der Waals surface area contributed by atoms with Crippen LogP contribution in [-0.2, 0) is 6.54 Å². The Morgan fingerprint density at radius 3 is 2.69 bits per heavy atom. The lowest BCUT2D eigenvalue weighted by atomic mass is 10.1. The monoisotopic (exact) mass is 227 g/mol. The molecule has 0 spiro atoms. The molecule has 1 aromatic carbocycles. The third-order valence-electron chi connectivity index (χ3n) is 2.48. The second kappa shape index (κ2) is 5.82. The maximum atomic E-state index is 12.9. The van der Waals surface area contributed by atoms with Crippen LogP contribution in [0.3, 0.4) is 0 Å². The Morgan fingerprint density at radius 2 is 2.06 bits per heavy atom. The van der Waals surface area contributed by atoms with Crippen molar-refractivity contribution < 1.29 is 14.6 Å². The molecule has 1 aromatic rings. The highest BCUT2D eigenvalue weighted by molar-refractivity contribution is 5.32. The van der Waals surface area contributed by atoms with E-state index in [9.17, 15) is 14.6 Å². The zero-order valence-electron chi connectivity index (χ0n) is 9.57. The van der Waals surface area contributed by atoms with Crippen molar-refractivity contribution in [1.82, 2.24) is 5.32 Å². The minimum atomic E-state index is -0.435. The number of halogens is 1. The van der Waals surface area contributed by atoms with E-state index in [1.807, 2.05) is 13.8 Å². The lowest BCUT2D eigenvalue weighted by Crippen LogP contribution is -2.30. The van der Waals surface area contributed by atoms with Crippen molar-refractivity contribution in [1.29, 1.82) is 0 Å². The second-order valence-corrected chi connectivity index (χ2v) is 4.22. The first-order chi connectivity index (χ1) is 7.50. The average Bonchev–Trinajstić information content (AvgIpc) is 2.22. The van der Waals surface area contributed by atoms with E-state index >= 15 is 0 Å². The lowest BCUT2D eigenvalue weighted by molar-refractivity contribution is 0.123. The van der Waals surface area contributed by atoms with Crippen LogP contribution in [0.5, 0.6) is 5.75 Å². The fourth-order valence-electron chi connectivity index (χ4n) is 1.29. The van der Waals surface area contributed by atoms with Gasteiger partial charge in [0.2, 0.25) is 0 Å². The number of phenols is 1. The summed E-state index contributed by atoms with van der Waals surface area (Å²) in [5.74, 6) is -0.138. The van der Waals surface area contributed by atoms with Gasteiger partial charge in [0.05, 0.1) is 6.10 Å². The molecule has 0 amide bonds. The highest BCUT2D eigenvalue weighted by atomic mass is 19.1. The maximum Gasteiger partial charge on any atom is 0.123 e. The van der Waals surface area contributed by atoms with E-state index in [0.717, 1.165) is 0 Å². The van der Waals surface area contributed by atoms with Gasteiger partial charge in [-0.2, -0.15) is 0 Å². The molecule has 90 valence electrons. The molecule has 0 bridgehead atoms. The Morgan fingerprint density at radius 1 is 1.38 bits per heavy atom. The molecular weight excluding hydrogens is 209 g/mol. The van der Waals surface area contributed by atoms with E-state index in [-0.39, 0.29) is 17.5 Å². The number of rotatable bonds is 5. The molecular formula is C12H18FNO2. The molecule has 4 heteroatoms. The summed E-state index contributed by atoms with van der Waals surface area (Å²) in [6.45, 7) is 4.61. The van der Waals surface area contributed by atoms with E-state index in [2.05, 4.69) is 5.32 Å². The highest BCUT2D eigenvalue weighted by Gasteiger charge is 2.09. The minimum absolute atomic E-state index is 0.0629. The van der Waals surface area contributed by atoms with Gasteiger partial charge in [-0.15, -0.1) is 0 Å². The topological polar surface area (TPSA) is 52.5 Å². The van der Waals surface area contributed by atoms with Gasteiger partial charge < -0.3 is 15.5 Å². The number of benzene rings is 1. The maximum absolute atomic E-state index is 12.9. The first-order valence-corrected chi connectivity index (χ1v) is 5.37. The van der Waals surface area contributed by atoms with Gasteiger partial charge in [0.1, 0.15) is 11.6 Å². The van der Waals surface area contributed by atoms with E-state index in [4.69, 9.17) is 0 Å². The first-order valence-electron chi connectivity index (χ1n) is 5.37. The van der Waals surface area contributed by atoms with Crippen LogP contribution in [0.1, 0.15) is 19.4 Å². The molecule has 0 saturated carbocycles. The molecule has 0 fully saturated rings. The Balaban J connectivity index is 2.45. The van der Waals surface area contributed by atoms with Gasteiger partial charge in [-0.25, -0.2) is 4.39 Å². The fraction of sp³-hybridized carbons (Fsp3) is 0.500. The summed E-state index contributed by atoms with van der Waals surface area (Å²) in [4.78, 5) is 0. The normalized spacial score (nSPS) is 13.1. The number of nitrogens with one attached hydrogen (secondary N) is 1. The van der Waals surface area contributed by atoms with Crippen LogP contribution >= 0.6 is 0 Å². The van der Waals surface area contributed by atoms with Crippen LogP contribution < -0.4 is 5.32 Å². The predicted molar refractivity (Wildman–Crippen MR) is 60.6 cm³/mol. The number of aliphatic hydroxyl groups is 1. The zero-order chi connectivity index (χ0) is 12.1. The van der Waals surface area contributed by atoms with E-state index < -0.39 is 6.10 Å². The van der Waals surface area contributed by atoms with Crippen LogP contribution in [0.25, 0.3) is 0 Å². The first kappa shape index (κ1) is 12.9. The smallest absolute Gasteiger partial charge is 0.123 e. The molecule has 0 aliphatic rings. The molecule has 0 radical (unpaired) electrons. The quantitative estimate of drug-likeness (QED) is 0.716. The summed E-state index contributed by atoms with van der Waals surface area (Å²) >= 11 is 0. The summed E-state index contributed by atoms with van der Waals surface area (Å²) in [6, 6.07) is 3.82. The standard InChI is InChI=1S/C12H18FNO2/c1-8(2)12(16)7-14-6-9-5-10(13)3-4-11(9)15/h3-5,8,12,14-16H,6-7H2,1-2H3. The van der Waals surface area contributed by atoms with Gasteiger partial charge in [0, 0.05) is 18.7 Å². The van der Waals surface area contributed by atoms with Crippen molar-refractivity contribution in [2.45, 2.75) is 26.5 Å². The van der Waals surface area contributed by atoms with Gasteiger partial charge >= 0.3 is 0 Å². The van der Waals surface area contributed by atoms with Gasteiger partial charge in [-0.1, -0.05) is 13.8 Å². The van der Waals surface area contributed by atoms with Crippen LogP contribution in [-0.4, -0.2) is 22.9 Å². The van der Waals surface area contributed by atoms with Crippen molar-refractivity contribution >= 4 is 0 Å². The predicted octanol–water partition coefficient (Wildman–Crippen LogP) is 1.64. The molecule has 3 nitrogen and oxygen atoms in total. The summed E-state index contributed by atoms with van der Waals surface area (Å²) in [7, 11) is 0. The van der Waals surface area contributed by atoms with E-state index in [1.165, 1.54) is 18.2 Å². The number of phenolic OH excluding ortho intramolecular Hbond substituents is 1. The van der Waals surface area contributed by atoms with Crippen LogP contribution in [0.2, 0.25) is 0 Å². The molecule has 0 aliphatic heterocycles. The minimum Gasteiger partial charge on any atom is -0.508 e. The van der Waals surface area contributed by atoms with E-state index in [0.29, 0.717) is 18.7 Å². The molecule has 0 aliphatic carbocycles. The van der Waals surface area contributed by atoms with Gasteiger partial charge in [-0.3, -0.25) is 0 Å². The molecule has 3 N–H and O–H groups in total. The summed E-state index contributed by atoms with van der Waals surface area (Å²) in [6.07, 6.45) is -0.435. The van der Waals surface area contributed by atoms with Gasteiger partial charge in [0.25, 0.3) is 0 Å². The number of aromatic hydroxyl groups is 1. The molecule has 0 saturated heterocycles. The van der Waals surface area contributed by atoms with Crippen molar-refractivity contribution in [2.24, 2.45) is 5.92 Å². The number of aliphatic hydroxyl groups excluding tert-OH is 1. The van der Waals surface area contributed by atoms with Crippen LogP contribution in [0.15, 0.2) is 18.2 Å². The van der Waals surface area contributed by atoms with Crippen LogP contribution in [0, 0.1) is 11.7 Å². The van der Waals surface area contributed by atoms with Crippen LogP contribution in [0.4, 0.5) is 4.39 Å². The Bertz CT molecular complexity index is 342. The van der Waals surface area contributed by atoms with Crippen molar-refractivity contribution in [3.05, 3.63) is 29.6 Å². The molecule has 1 rings (SSSR count). The summed E-state index contributed by atoms with van der Waals surface area (Å²) in [5, 5.41) is 21.9. The van der Waals surface area contributed by atoms with Gasteiger partial charge in [-0.05, 0) is 24.1 Å². The third-order valence-corrected chi connectivity index (χ3v) is 2.48. The second-order valence-electron chi connectivity index (χ2n) is 4.22.